The Balaban J connectivity index is 2.18. The molecule has 0 atom stereocenters. The van der Waals surface area contributed by atoms with Gasteiger partial charge < -0.3 is 4.57 Å². The van der Waals surface area contributed by atoms with Gasteiger partial charge in [0.15, 0.2) is 15.5 Å². The highest BCUT2D eigenvalue weighted by molar-refractivity contribution is 7.90. The van der Waals surface area contributed by atoms with Gasteiger partial charge in [-0.3, -0.25) is 0 Å². The van der Waals surface area contributed by atoms with E-state index in [1.54, 1.807) is 30.3 Å². The molecule has 5 nitrogen and oxygen atoms in total. The number of pyridine rings is 1. The summed E-state index contributed by atoms with van der Waals surface area (Å²) in [5.74, 6) is 0.716. The lowest BCUT2D eigenvalue weighted by Crippen LogP contribution is -1.98. The Bertz CT molecular complexity index is 976. The van der Waals surface area contributed by atoms with Crippen molar-refractivity contribution in [3.05, 3.63) is 41.0 Å². The molecule has 0 N–H and O–H groups in total. The standard InChI is InChI=1S/C15H14ClN3O2S/c1-9-8-12(16)17-15-13(9)18-14(19(15)2)10-4-6-11(7-5-10)22(3,20)21/h4-8H,1-3H3. The molecule has 2 aromatic heterocycles. The molecule has 0 saturated carbocycles. The van der Waals surface area contributed by atoms with E-state index in [0.29, 0.717) is 16.6 Å². The van der Waals surface area contributed by atoms with Gasteiger partial charge in [0.05, 0.1) is 4.90 Å². The molecular formula is C15H14ClN3O2S. The lowest BCUT2D eigenvalue weighted by Gasteiger charge is -2.03. The summed E-state index contributed by atoms with van der Waals surface area (Å²) in [6.07, 6.45) is 1.19. The molecular weight excluding hydrogens is 322 g/mol. The summed E-state index contributed by atoms with van der Waals surface area (Å²) >= 11 is 6.00. The SMILES string of the molecule is Cc1cc(Cl)nc2c1nc(-c1ccc(S(C)(=O)=O)cc1)n2C. The maximum Gasteiger partial charge on any atom is 0.175 e. The van der Waals surface area contributed by atoms with Crippen molar-refractivity contribution in [1.29, 1.82) is 0 Å². The summed E-state index contributed by atoms with van der Waals surface area (Å²) in [5, 5.41) is 0.423. The van der Waals surface area contributed by atoms with Gasteiger partial charge in [-0.15, -0.1) is 0 Å². The molecule has 0 amide bonds. The van der Waals surface area contributed by atoms with Gasteiger partial charge in [-0.25, -0.2) is 18.4 Å². The summed E-state index contributed by atoms with van der Waals surface area (Å²) in [4.78, 5) is 9.20. The van der Waals surface area contributed by atoms with E-state index in [-0.39, 0.29) is 4.90 Å². The predicted octanol–water partition coefficient (Wildman–Crippen LogP) is 3.00. The van der Waals surface area contributed by atoms with Crippen LogP contribution >= 0.6 is 11.6 Å². The van der Waals surface area contributed by atoms with Crippen molar-refractivity contribution in [2.24, 2.45) is 7.05 Å². The number of nitrogens with zero attached hydrogens (tertiary/aromatic N) is 3. The van der Waals surface area contributed by atoms with E-state index in [4.69, 9.17) is 11.6 Å². The second-order valence-electron chi connectivity index (χ2n) is 5.23. The number of imidazole rings is 1. The number of hydrogen-bond donors (Lipinski definition) is 0. The molecule has 22 heavy (non-hydrogen) atoms. The van der Waals surface area contributed by atoms with Crippen LogP contribution in [0.4, 0.5) is 0 Å². The van der Waals surface area contributed by atoms with Crippen LogP contribution < -0.4 is 0 Å². The quantitative estimate of drug-likeness (QED) is 0.675. The first kappa shape index (κ1) is 15.0. The normalized spacial score (nSPS) is 12.0. The van der Waals surface area contributed by atoms with Gasteiger partial charge in [0.2, 0.25) is 0 Å². The average Bonchev–Trinajstić information content (AvgIpc) is 2.76. The van der Waals surface area contributed by atoms with Crippen molar-refractivity contribution in [3.8, 4) is 11.4 Å². The van der Waals surface area contributed by atoms with Gasteiger partial charge in [0.1, 0.15) is 16.5 Å². The predicted molar refractivity (Wildman–Crippen MR) is 86.8 cm³/mol. The number of sulfone groups is 1. The zero-order valence-electron chi connectivity index (χ0n) is 12.3. The number of benzene rings is 1. The van der Waals surface area contributed by atoms with Crippen molar-refractivity contribution < 1.29 is 8.42 Å². The van der Waals surface area contributed by atoms with Crippen molar-refractivity contribution in [1.82, 2.24) is 14.5 Å². The Kier molecular flexibility index (Phi) is 3.45. The second-order valence-corrected chi connectivity index (χ2v) is 7.63. The third kappa shape index (κ3) is 2.48. The lowest BCUT2D eigenvalue weighted by molar-refractivity contribution is 0.602. The largest absolute Gasteiger partial charge is 0.312 e. The Hall–Kier alpha value is -1.92. The third-order valence-electron chi connectivity index (χ3n) is 3.53. The van der Waals surface area contributed by atoms with Crippen LogP contribution in [0.5, 0.6) is 0 Å². The van der Waals surface area contributed by atoms with Gasteiger partial charge >= 0.3 is 0 Å². The molecule has 0 aliphatic rings. The maximum atomic E-state index is 11.5. The monoisotopic (exact) mass is 335 g/mol. The van der Waals surface area contributed by atoms with Crippen LogP contribution in [0.1, 0.15) is 5.56 Å². The number of fused-ring (bicyclic) bond motifs is 1. The van der Waals surface area contributed by atoms with Crippen molar-refractivity contribution in [2.45, 2.75) is 11.8 Å². The van der Waals surface area contributed by atoms with Crippen molar-refractivity contribution in [3.63, 3.8) is 0 Å². The molecule has 1 aromatic carbocycles. The first-order valence-corrected chi connectivity index (χ1v) is 8.84. The minimum absolute atomic E-state index is 0.285. The van der Waals surface area contributed by atoms with Crippen LogP contribution in [0.2, 0.25) is 5.15 Å². The third-order valence-corrected chi connectivity index (χ3v) is 4.85. The van der Waals surface area contributed by atoms with Crippen LogP contribution in [0.15, 0.2) is 35.2 Å². The van der Waals surface area contributed by atoms with Gasteiger partial charge in [-0.1, -0.05) is 11.6 Å². The minimum Gasteiger partial charge on any atom is -0.312 e. The van der Waals surface area contributed by atoms with E-state index in [2.05, 4.69) is 9.97 Å². The minimum atomic E-state index is -3.21. The zero-order chi connectivity index (χ0) is 16.1. The first-order valence-electron chi connectivity index (χ1n) is 6.57. The van der Waals surface area contributed by atoms with E-state index in [1.807, 2.05) is 18.5 Å². The fourth-order valence-electron chi connectivity index (χ4n) is 2.37. The van der Waals surface area contributed by atoms with E-state index in [0.717, 1.165) is 16.6 Å². The molecule has 2 heterocycles. The summed E-state index contributed by atoms with van der Waals surface area (Å²) in [5.41, 5.74) is 3.26. The molecule has 0 spiro atoms. The van der Waals surface area contributed by atoms with Crippen molar-refractivity contribution >= 4 is 32.6 Å². The molecule has 114 valence electrons. The molecule has 0 saturated heterocycles. The van der Waals surface area contributed by atoms with Crippen LogP contribution in [0.25, 0.3) is 22.6 Å². The highest BCUT2D eigenvalue weighted by Crippen LogP contribution is 2.26. The molecule has 3 rings (SSSR count). The fraction of sp³-hybridized carbons (Fsp3) is 0.200. The second kappa shape index (κ2) is 5.07. The van der Waals surface area contributed by atoms with Gasteiger partial charge in [-0.05, 0) is 42.8 Å². The molecule has 0 fully saturated rings. The van der Waals surface area contributed by atoms with Crippen molar-refractivity contribution in [2.75, 3.05) is 6.26 Å². The Morgan fingerprint density at radius 1 is 1.14 bits per heavy atom. The smallest absolute Gasteiger partial charge is 0.175 e. The van der Waals surface area contributed by atoms with Gasteiger partial charge in [0.25, 0.3) is 0 Å². The number of hydrogen-bond acceptors (Lipinski definition) is 4. The van der Waals surface area contributed by atoms with Gasteiger partial charge in [-0.2, -0.15) is 0 Å². The maximum absolute atomic E-state index is 11.5. The molecule has 0 bridgehead atoms. The number of halogens is 1. The summed E-state index contributed by atoms with van der Waals surface area (Å²) in [7, 11) is -1.35. The first-order chi connectivity index (χ1) is 10.3. The molecule has 0 aliphatic heterocycles. The molecule has 0 aliphatic carbocycles. The average molecular weight is 336 g/mol. The summed E-state index contributed by atoms with van der Waals surface area (Å²) < 4.78 is 24.9. The molecule has 3 aromatic rings. The molecule has 0 radical (unpaired) electrons. The topological polar surface area (TPSA) is 64.8 Å². The van der Waals surface area contributed by atoms with E-state index in [1.165, 1.54) is 6.26 Å². The highest BCUT2D eigenvalue weighted by atomic mass is 35.5. The highest BCUT2D eigenvalue weighted by Gasteiger charge is 2.14. The number of aryl methyl sites for hydroxylation is 2. The zero-order valence-corrected chi connectivity index (χ0v) is 13.9. The van der Waals surface area contributed by atoms with Crippen LogP contribution in [0, 0.1) is 6.92 Å². The Labute approximate surface area is 133 Å². The summed E-state index contributed by atoms with van der Waals surface area (Å²) in [6, 6.07) is 8.42. The van der Waals surface area contributed by atoms with Crippen LogP contribution in [-0.2, 0) is 16.9 Å². The van der Waals surface area contributed by atoms with Crippen LogP contribution in [0.3, 0.4) is 0 Å². The Morgan fingerprint density at radius 3 is 2.36 bits per heavy atom. The fourth-order valence-corrected chi connectivity index (χ4v) is 3.25. The lowest BCUT2D eigenvalue weighted by atomic mass is 10.2. The van der Waals surface area contributed by atoms with E-state index < -0.39 is 9.84 Å². The number of rotatable bonds is 2. The number of aromatic nitrogens is 3. The molecule has 7 heteroatoms. The van der Waals surface area contributed by atoms with Gasteiger partial charge in [0, 0.05) is 18.9 Å². The van der Waals surface area contributed by atoms with Crippen LogP contribution in [-0.4, -0.2) is 29.2 Å². The summed E-state index contributed by atoms with van der Waals surface area (Å²) in [6.45, 7) is 1.93. The van der Waals surface area contributed by atoms with E-state index >= 15 is 0 Å². The van der Waals surface area contributed by atoms with E-state index in [9.17, 15) is 8.42 Å². The Morgan fingerprint density at radius 2 is 1.77 bits per heavy atom. The molecule has 0 unspecified atom stereocenters.